The minimum atomic E-state index is -0.421. The van der Waals surface area contributed by atoms with E-state index < -0.39 is 5.82 Å². The summed E-state index contributed by atoms with van der Waals surface area (Å²) in [4.78, 5) is 13.9. The maximum atomic E-state index is 13.3. The molecule has 2 rings (SSSR count). The molecule has 0 fully saturated rings. The number of anilines is 1. The van der Waals surface area contributed by atoms with Crippen LogP contribution >= 0.6 is 11.6 Å². The Morgan fingerprint density at radius 3 is 2.70 bits per heavy atom. The summed E-state index contributed by atoms with van der Waals surface area (Å²) in [5, 5.41) is 9.70. The lowest BCUT2D eigenvalue weighted by molar-refractivity contribution is 0.0988. The first-order chi connectivity index (χ1) is 9.52. The average molecular weight is 294 g/mol. The van der Waals surface area contributed by atoms with Crippen LogP contribution in [0.1, 0.15) is 17.3 Å². The Balaban J connectivity index is 2.41. The number of rotatable bonds is 3. The van der Waals surface area contributed by atoms with Gasteiger partial charge in [-0.05, 0) is 43.3 Å². The van der Waals surface area contributed by atoms with E-state index in [-0.39, 0.29) is 22.2 Å². The molecule has 0 aliphatic carbocycles. The molecule has 0 radical (unpaired) electrons. The molecule has 0 unspecified atom stereocenters. The molecule has 1 amide bonds. The fourth-order valence-electron chi connectivity index (χ4n) is 1.91. The number of nitrogens with zero attached hydrogens (tertiary/aromatic N) is 1. The van der Waals surface area contributed by atoms with Crippen molar-refractivity contribution in [1.82, 2.24) is 0 Å². The average Bonchev–Trinajstić information content (AvgIpc) is 2.42. The first kappa shape index (κ1) is 14.3. The van der Waals surface area contributed by atoms with Crippen LogP contribution in [0.2, 0.25) is 5.02 Å². The first-order valence-electron chi connectivity index (χ1n) is 6.09. The highest BCUT2D eigenvalue weighted by atomic mass is 35.5. The standard InChI is InChI=1S/C15H13ClFNO2/c1-2-18(11-5-3-4-10(17)8-11)15(20)13-9-12(19)6-7-14(13)16/h3-9,19H,2H2,1H3. The monoisotopic (exact) mass is 293 g/mol. The van der Waals surface area contributed by atoms with E-state index in [4.69, 9.17) is 11.6 Å². The van der Waals surface area contributed by atoms with Crippen LogP contribution in [0, 0.1) is 5.82 Å². The van der Waals surface area contributed by atoms with Crippen LogP contribution < -0.4 is 4.90 Å². The van der Waals surface area contributed by atoms with E-state index in [1.54, 1.807) is 13.0 Å². The summed E-state index contributed by atoms with van der Waals surface area (Å²) in [5.74, 6) is -0.859. The van der Waals surface area contributed by atoms with Gasteiger partial charge < -0.3 is 10.0 Å². The molecule has 0 atom stereocenters. The van der Waals surface area contributed by atoms with E-state index >= 15 is 0 Å². The van der Waals surface area contributed by atoms with Crippen molar-refractivity contribution in [2.45, 2.75) is 6.92 Å². The molecule has 0 bridgehead atoms. The van der Waals surface area contributed by atoms with Gasteiger partial charge in [0.2, 0.25) is 0 Å². The minimum Gasteiger partial charge on any atom is -0.508 e. The van der Waals surface area contributed by atoms with Gasteiger partial charge in [-0.1, -0.05) is 17.7 Å². The zero-order chi connectivity index (χ0) is 14.7. The summed E-state index contributed by atoms with van der Waals surface area (Å²) in [6.07, 6.45) is 0. The number of amides is 1. The van der Waals surface area contributed by atoms with Gasteiger partial charge in [0, 0.05) is 12.2 Å². The van der Waals surface area contributed by atoms with Gasteiger partial charge in [0.25, 0.3) is 5.91 Å². The number of carbonyl (C=O) groups excluding carboxylic acids is 1. The minimum absolute atomic E-state index is 0.0481. The number of phenols is 1. The number of hydrogen-bond donors (Lipinski definition) is 1. The summed E-state index contributed by atoms with van der Waals surface area (Å²) in [5.41, 5.74) is 0.620. The maximum Gasteiger partial charge on any atom is 0.259 e. The topological polar surface area (TPSA) is 40.5 Å². The van der Waals surface area contributed by atoms with Crippen LogP contribution in [-0.4, -0.2) is 17.6 Å². The lowest BCUT2D eigenvalue weighted by atomic mass is 10.1. The molecule has 0 saturated heterocycles. The number of carbonyl (C=O) groups is 1. The molecule has 0 aliphatic rings. The molecule has 0 aromatic heterocycles. The van der Waals surface area contributed by atoms with Gasteiger partial charge in [-0.2, -0.15) is 0 Å². The van der Waals surface area contributed by atoms with Gasteiger partial charge in [0.05, 0.1) is 10.6 Å². The number of hydrogen-bond acceptors (Lipinski definition) is 2. The van der Waals surface area contributed by atoms with Crippen molar-refractivity contribution < 1.29 is 14.3 Å². The summed E-state index contributed by atoms with van der Waals surface area (Å²) in [6.45, 7) is 2.13. The summed E-state index contributed by atoms with van der Waals surface area (Å²) in [7, 11) is 0. The fraction of sp³-hybridized carbons (Fsp3) is 0.133. The van der Waals surface area contributed by atoms with Gasteiger partial charge in [0.1, 0.15) is 11.6 Å². The molecule has 104 valence electrons. The Hall–Kier alpha value is -2.07. The Labute approximate surface area is 121 Å². The van der Waals surface area contributed by atoms with E-state index in [1.165, 1.54) is 41.3 Å². The van der Waals surface area contributed by atoms with Crippen molar-refractivity contribution in [2.75, 3.05) is 11.4 Å². The lowest BCUT2D eigenvalue weighted by Gasteiger charge is -2.21. The zero-order valence-electron chi connectivity index (χ0n) is 10.8. The third kappa shape index (κ3) is 2.91. The third-order valence-electron chi connectivity index (χ3n) is 2.86. The zero-order valence-corrected chi connectivity index (χ0v) is 11.6. The summed E-state index contributed by atoms with van der Waals surface area (Å²) < 4.78 is 13.3. The van der Waals surface area contributed by atoms with Gasteiger partial charge in [0.15, 0.2) is 0 Å². The SMILES string of the molecule is CCN(C(=O)c1cc(O)ccc1Cl)c1cccc(F)c1. The van der Waals surface area contributed by atoms with Gasteiger partial charge in [-0.15, -0.1) is 0 Å². The first-order valence-corrected chi connectivity index (χ1v) is 6.46. The smallest absolute Gasteiger partial charge is 0.259 e. The van der Waals surface area contributed by atoms with Gasteiger partial charge >= 0.3 is 0 Å². The van der Waals surface area contributed by atoms with Crippen molar-refractivity contribution in [2.24, 2.45) is 0 Å². The molecule has 20 heavy (non-hydrogen) atoms. The van der Waals surface area contributed by atoms with Crippen molar-refractivity contribution in [1.29, 1.82) is 0 Å². The molecular weight excluding hydrogens is 281 g/mol. The maximum absolute atomic E-state index is 13.3. The Morgan fingerprint density at radius 1 is 1.30 bits per heavy atom. The molecular formula is C15H13ClFNO2. The largest absolute Gasteiger partial charge is 0.508 e. The van der Waals surface area contributed by atoms with Crippen LogP contribution in [0.25, 0.3) is 0 Å². The number of halogens is 2. The molecule has 0 heterocycles. The molecule has 0 aliphatic heterocycles. The lowest BCUT2D eigenvalue weighted by Crippen LogP contribution is -2.30. The predicted molar refractivity (Wildman–Crippen MR) is 76.9 cm³/mol. The molecule has 1 N–H and O–H groups in total. The molecule has 3 nitrogen and oxygen atoms in total. The van der Waals surface area contributed by atoms with Crippen molar-refractivity contribution in [3.05, 3.63) is 58.9 Å². The summed E-state index contributed by atoms with van der Waals surface area (Å²) in [6, 6.07) is 9.90. The van der Waals surface area contributed by atoms with Crippen LogP contribution in [-0.2, 0) is 0 Å². The van der Waals surface area contributed by atoms with E-state index in [1.807, 2.05) is 0 Å². The Morgan fingerprint density at radius 2 is 2.05 bits per heavy atom. The normalized spacial score (nSPS) is 10.3. The second-order valence-electron chi connectivity index (χ2n) is 4.19. The Bertz CT molecular complexity index is 646. The van der Waals surface area contributed by atoms with Crippen molar-refractivity contribution in [3.63, 3.8) is 0 Å². The molecule has 5 heteroatoms. The number of benzene rings is 2. The molecule has 2 aromatic rings. The van der Waals surface area contributed by atoms with Crippen LogP contribution in [0.15, 0.2) is 42.5 Å². The molecule has 0 spiro atoms. The molecule has 2 aromatic carbocycles. The van der Waals surface area contributed by atoms with E-state index in [2.05, 4.69) is 0 Å². The van der Waals surface area contributed by atoms with Crippen molar-refractivity contribution in [3.8, 4) is 5.75 Å². The van der Waals surface area contributed by atoms with Crippen LogP contribution in [0.5, 0.6) is 5.75 Å². The number of aromatic hydroxyl groups is 1. The van der Waals surface area contributed by atoms with E-state index in [9.17, 15) is 14.3 Å². The Kier molecular flexibility index (Phi) is 4.25. The van der Waals surface area contributed by atoms with Crippen LogP contribution in [0.3, 0.4) is 0 Å². The highest BCUT2D eigenvalue weighted by Gasteiger charge is 2.19. The predicted octanol–water partition coefficient (Wildman–Crippen LogP) is 3.85. The number of phenolic OH excluding ortho intramolecular Hbond substituents is 1. The van der Waals surface area contributed by atoms with Crippen molar-refractivity contribution >= 4 is 23.2 Å². The third-order valence-corrected chi connectivity index (χ3v) is 3.19. The quantitative estimate of drug-likeness (QED) is 0.934. The van der Waals surface area contributed by atoms with Crippen LogP contribution in [0.4, 0.5) is 10.1 Å². The molecule has 0 saturated carbocycles. The second kappa shape index (κ2) is 5.92. The van der Waals surface area contributed by atoms with Gasteiger partial charge in [-0.3, -0.25) is 4.79 Å². The second-order valence-corrected chi connectivity index (χ2v) is 4.60. The highest BCUT2D eigenvalue weighted by molar-refractivity contribution is 6.34. The fourth-order valence-corrected chi connectivity index (χ4v) is 2.11. The van der Waals surface area contributed by atoms with Gasteiger partial charge in [-0.25, -0.2) is 4.39 Å². The van der Waals surface area contributed by atoms with E-state index in [0.717, 1.165) is 0 Å². The van der Waals surface area contributed by atoms with E-state index in [0.29, 0.717) is 12.2 Å². The summed E-state index contributed by atoms with van der Waals surface area (Å²) >= 11 is 5.98. The highest BCUT2D eigenvalue weighted by Crippen LogP contribution is 2.25.